The van der Waals surface area contributed by atoms with Crippen molar-refractivity contribution < 1.29 is 9.90 Å². The van der Waals surface area contributed by atoms with Gasteiger partial charge in [0.05, 0.1) is 0 Å². The summed E-state index contributed by atoms with van der Waals surface area (Å²) in [5, 5.41) is 12.3. The fraction of sp³-hybridized carbons (Fsp3) is 0.364. The summed E-state index contributed by atoms with van der Waals surface area (Å²) in [5.41, 5.74) is 1.74. The molecule has 0 saturated carbocycles. The van der Waals surface area contributed by atoms with Crippen molar-refractivity contribution in [3.8, 4) is 5.75 Å². The standard InChI is InChI=1S/C11H15NO2/c1-8-4-3-5-10(11(8)14)6-7-12-9(2)13/h3-5,14H,6-7H2,1-2H3,(H,12,13). The van der Waals surface area contributed by atoms with Gasteiger partial charge in [0.15, 0.2) is 0 Å². The maximum atomic E-state index is 10.6. The van der Waals surface area contributed by atoms with Crippen LogP contribution in [0, 0.1) is 6.92 Å². The van der Waals surface area contributed by atoms with Crippen LogP contribution < -0.4 is 5.32 Å². The van der Waals surface area contributed by atoms with E-state index < -0.39 is 0 Å². The number of phenols is 1. The SMILES string of the molecule is CC(=O)NCCc1cccc(C)c1O. The van der Waals surface area contributed by atoms with Crippen LogP contribution >= 0.6 is 0 Å². The minimum atomic E-state index is -0.0443. The number of carbonyl (C=O) groups excluding carboxylic acids is 1. The highest BCUT2D eigenvalue weighted by molar-refractivity contribution is 5.72. The molecule has 3 heteroatoms. The molecule has 0 heterocycles. The first-order valence-electron chi connectivity index (χ1n) is 4.63. The van der Waals surface area contributed by atoms with Crippen LogP contribution in [0.5, 0.6) is 5.75 Å². The summed E-state index contributed by atoms with van der Waals surface area (Å²) < 4.78 is 0. The van der Waals surface area contributed by atoms with Crippen LogP contribution in [0.1, 0.15) is 18.1 Å². The quantitative estimate of drug-likeness (QED) is 0.762. The van der Waals surface area contributed by atoms with Crippen molar-refractivity contribution in [1.82, 2.24) is 5.32 Å². The van der Waals surface area contributed by atoms with Gasteiger partial charge in [-0.3, -0.25) is 4.79 Å². The number of para-hydroxylation sites is 1. The van der Waals surface area contributed by atoms with Crippen molar-refractivity contribution >= 4 is 5.91 Å². The fourth-order valence-electron chi connectivity index (χ4n) is 1.29. The molecule has 0 aliphatic carbocycles. The molecular weight excluding hydrogens is 178 g/mol. The highest BCUT2D eigenvalue weighted by Crippen LogP contribution is 2.21. The molecule has 1 amide bonds. The molecule has 3 nitrogen and oxygen atoms in total. The fourth-order valence-corrected chi connectivity index (χ4v) is 1.29. The third-order valence-electron chi connectivity index (χ3n) is 2.09. The topological polar surface area (TPSA) is 49.3 Å². The number of hydrogen-bond acceptors (Lipinski definition) is 2. The summed E-state index contributed by atoms with van der Waals surface area (Å²) >= 11 is 0. The van der Waals surface area contributed by atoms with Crippen molar-refractivity contribution in [1.29, 1.82) is 0 Å². The van der Waals surface area contributed by atoms with Crippen LogP contribution in [-0.2, 0) is 11.2 Å². The van der Waals surface area contributed by atoms with Gasteiger partial charge in [0.2, 0.25) is 5.91 Å². The van der Waals surface area contributed by atoms with Gasteiger partial charge in [-0.25, -0.2) is 0 Å². The van der Waals surface area contributed by atoms with Crippen LogP contribution in [0.2, 0.25) is 0 Å². The third-order valence-corrected chi connectivity index (χ3v) is 2.09. The molecule has 0 spiro atoms. The van der Waals surface area contributed by atoms with Gasteiger partial charge in [0.25, 0.3) is 0 Å². The molecule has 0 saturated heterocycles. The molecule has 1 aromatic carbocycles. The molecule has 0 aliphatic rings. The Hall–Kier alpha value is -1.51. The number of aromatic hydroxyl groups is 1. The van der Waals surface area contributed by atoms with E-state index in [1.165, 1.54) is 6.92 Å². The number of nitrogens with one attached hydrogen (secondary N) is 1. The molecule has 0 aliphatic heterocycles. The number of aryl methyl sites for hydroxylation is 1. The Balaban J connectivity index is 2.59. The second kappa shape index (κ2) is 4.65. The van der Waals surface area contributed by atoms with Gasteiger partial charge in [-0.2, -0.15) is 0 Å². The van der Waals surface area contributed by atoms with Crippen molar-refractivity contribution in [2.75, 3.05) is 6.54 Å². The van der Waals surface area contributed by atoms with E-state index in [0.29, 0.717) is 18.7 Å². The molecule has 76 valence electrons. The average molecular weight is 193 g/mol. The summed E-state index contributed by atoms with van der Waals surface area (Å²) in [5.74, 6) is 0.287. The summed E-state index contributed by atoms with van der Waals surface area (Å²) in [6, 6.07) is 5.62. The largest absolute Gasteiger partial charge is 0.507 e. The Morgan fingerprint density at radius 2 is 2.21 bits per heavy atom. The summed E-state index contributed by atoms with van der Waals surface area (Å²) in [6.07, 6.45) is 0.660. The Morgan fingerprint density at radius 3 is 2.86 bits per heavy atom. The average Bonchev–Trinajstić information content (AvgIpc) is 2.12. The van der Waals surface area contributed by atoms with E-state index >= 15 is 0 Å². The molecule has 0 aromatic heterocycles. The number of benzene rings is 1. The van der Waals surface area contributed by atoms with Crippen LogP contribution in [0.25, 0.3) is 0 Å². The number of rotatable bonds is 3. The van der Waals surface area contributed by atoms with Crippen molar-refractivity contribution in [3.05, 3.63) is 29.3 Å². The van der Waals surface area contributed by atoms with Crippen molar-refractivity contribution in [2.24, 2.45) is 0 Å². The summed E-state index contributed by atoms with van der Waals surface area (Å²) in [4.78, 5) is 10.6. The molecule has 0 bridgehead atoms. The van der Waals surface area contributed by atoms with Gasteiger partial charge in [0, 0.05) is 13.5 Å². The molecule has 14 heavy (non-hydrogen) atoms. The lowest BCUT2D eigenvalue weighted by molar-refractivity contribution is -0.118. The molecule has 1 aromatic rings. The van der Waals surface area contributed by atoms with E-state index in [0.717, 1.165) is 11.1 Å². The highest BCUT2D eigenvalue weighted by atomic mass is 16.3. The van der Waals surface area contributed by atoms with E-state index in [1.807, 2.05) is 25.1 Å². The molecule has 0 atom stereocenters. The Morgan fingerprint density at radius 1 is 1.50 bits per heavy atom. The van der Waals surface area contributed by atoms with Gasteiger partial charge in [0.1, 0.15) is 5.75 Å². The normalized spacial score (nSPS) is 9.86. The molecule has 0 fully saturated rings. The first kappa shape index (κ1) is 10.6. The number of phenolic OH excluding ortho intramolecular Hbond substituents is 1. The Bertz CT molecular complexity index is 334. The lowest BCUT2D eigenvalue weighted by Gasteiger charge is -2.06. The monoisotopic (exact) mass is 193 g/mol. The smallest absolute Gasteiger partial charge is 0.216 e. The maximum absolute atomic E-state index is 10.6. The first-order chi connectivity index (χ1) is 6.61. The second-order valence-electron chi connectivity index (χ2n) is 3.32. The highest BCUT2D eigenvalue weighted by Gasteiger charge is 2.02. The van der Waals surface area contributed by atoms with E-state index in [2.05, 4.69) is 5.32 Å². The van der Waals surface area contributed by atoms with Crippen molar-refractivity contribution in [3.63, 3.8) is 0 Å². The van der Waals surface area contributed by atoms with Crippen LogP contribution in [0.4, 0.5) is 0 Å². The molecular formula is C11H15NO2. The molecule has 1 rings (SSSR count). The maximum Gasteiger partial charge on any atom is 0.216 e. The predicted octanol–water partition coefficient (Wildman–Crippen LogP) is 1.38. The predicted molar refractivity (Wildman–Crippen MR) is 55.2 cm³/mol. The van der Waals surface area contributed by atoms with Crippen molar-refractivity contribution in [2.45, 2.75) is 20.3 Å². The van der Waals surface area contributed by atoms with Gasteiger partial charge >= 0.3 is 0 Å². The Kier molecular flexibility index (Phi) is 3.51. The number of amides is 1. The summed E-state index contributed by atoms with van der Waals surface area (Å²) in [6.45, 7) is 3.90. The number of carbonyl (C=O) groups is 1. The molecule has 0 unspecified atom stereocenters. The van der Waals surface area contributed by atoms with E-state index in [9.17, 15) is 9.90 Å². The molecule has 0 radical (unpaired) electrons. The lowest BCUT2D eigenvalue weighted by Crippen LogP contribution is -2.22. The first-order valence-corrected chi connectivity index (χ1v) is 4.63. The van der Waals surface area contributed by atoms with Crippen LogP contribution in [0.3, 0.4) is 0 Å². The third kappa shape index (κ3) is 2.76. The minimum absolute atomic E-state index is 0.0443. The van der Waals surface area contributed by atoms with Gasteiger partial charge in [-0.15, -0.1) is 0 Å². The zero-order chi connectivity index (χ0) is 10.6. The second-order valence-corrected chi connectivity index (χ2v) is 3.32. The number of hydrogen-bond donors (Lipinski definition) is 2. The lowest BCUT2D eigenvalue weighted by atomic mass is 10.1. The van der Waals surface area contributed by atoms with Gasteiger partial charge in [-0.05, 0) is 24.5 Å². The zero-order valence-electron chi connectivity index (χ0n) is 8.50. The molecule has 2 N–H and O–H groups in total. The Labute approximate surface area is 83.8 Å². The zero-order valence-corrected chi connectivity index (χ0v) is 8.50. The van der Waals surface area contributed by atoms with Crippen LogP contribution in [0.15, 0.2) is 18.2 Å². The van der Waals surface area contributed by atoms with E-state index in [4.69, 9.17) is 0 Å². The van der Waals surface area contributed by atoms with Crippen LogP contribution in [-0.4, -0.2) is 17.6 Å². The summed E-state index contributed by atoms with van der Waals surface area (Å²) in [7, 11) is 0. The minimum Gasteiger partial charge on any atom is -0.507 e. The van der Waals surface area contributed by atoms with E-state index in [1.54, 1.807) is 0 Å². The van der Waals surface area contributed by atoms with Gasteiger partial charge in [-0.1, -0.05) is 18.2 Å². The van der Waals surface area contributed by atoms with E-state index in [-0.39, 0.29) is 5.91 Å². The van der Waals surface area contributed by atoms with Gasteiger partial charge < -0.3 is 10.4 Å².